The smallest absolute Gasteiger partial charge is 0.324 e. The fraction of sp³-hybridized carbons (Fsp3) is 0.280. The number of aliphatic carboxylic acids is 1. The van der Waals surface area contributed by atoms with Crippen LogP contribution in [0.1, 0.15) is 19.8 Å². The third-order valence-corrected chi connectivity index (χ3v) is 8.42. The van der Waals surface area contributed by atoms with Gasteiger partial charge in [-0.1, -0.05) is 23.2 Å². The Bertz CT molecular complexity index is 1550. The second-order valence-corrected chi connectivity index (χ2v) is 11.8. The number of amides is 1. The third-order valence-electron chi connectivity index (χ3n) is 5.90. The van der Waals surface area contributed by atoms with Crippen molar-refractivity contribution in [2.45, 2.75) is 25.0 Å². The Morgan fingerprint density at radius 3 is 2.62 bits per heavy atom. The molecule has 0 radical (unpaired) electrons. The molecule has 1 unspecified atom stereocenters. The van der Waals surface area contributed by atoms with Crippen LogP contribution in [0, 0.1) is 0 Å². The van der Waals surface area contributed by atoms with Gasteiger partial charge in [-0.3, -0.25) is 18.5 Å². The van der Waals surface area contributed by atoms with Crippen molar-refractivity contribution in [1.82, 2.24) is 20.1 Å². The van der Waals surface area contributed by atoms with Crippen LogP contribution in [0.5, 0.6) is 0 Å². The lowest BCUT2D eigenvalue weighted by Gasteiger charge is -2.28. The molecule has 0 spiro atoms. The number of nitrogens with one attached hydrogen (secondary N) is 2. The summed E-state index contributed by atoms with van der Waals surface area (Å²) in [5, 5.41) is 23.8. The van der Waals surface area contributed by atoms with Crippen molar-refractivity contribution >= 4 is 67.5 Å². The van der Waals surface area contributed by atoms with E-state index in [1.807, 2.05) is 0 Å². The molecule has 3 aromatic rings. The van der Waals surface area contributed by atoms with E-state index < -0.39 is 27.8 Å². The van der Waals surface area contributed by atoms with E-state index in [2.05, 4.69) is 20.8 Å². The van der Waals surface area contributed by atoms with Crippen molar-refractivity contribution in [2.75, 3.05) is 29.3 Å². The van der Waals surface area contributed by atoms with E-state index >= 15 is 0 Å². The largest absolute Gasteiger partial charge is 0.480 e. The second kappa shape index (κ2) is 12.1. The fourth-order valence-corrected chi connectivity index (χ4v) is 6.62. The maximum Gasteiger partial charge on any atom is 0.324 e. The number of anilines is 2. The molecule has 1 atom stereocenters. The molecule has 14 heteroatoms. The Balaban J connectivity index is 1.55. The summed E-state index contributed by atoms with van der Waals surface area (Å²) in [7, 11) is -4.16. The molecule has 0 saturated heterocycles. The number of hydrogen-bond acceptors (Lipinski definition) is 7. The average molecular weight is 593 g/mol. The van der Waals surface area contributed by atoms with Crippen molar-refractivity contribution in [3.63, 3.8) is 0 Å². The van der Waals surface area contributed by atoms with Crippen molar-refractivity contribution in [3.05, 3.63) is 64.8 Å². The number of sulfonamides is 1. The molecule has 1 aliphatic rings. The number of aromatic nitrogens is 3. The van der Waals surface area contributed by atoms with E-state index in [-0.39, 0.29) is 28.1 Å². The molecule has 1 aliphatic carbocycles. The second-order valence-electron chi connectivity index (χ2n) is 8.80. The van der Waals surface area contributed by atoms with Crippen LogP contribution in [-0.4, -0.2) is 65.0 Å². The minimum Gasteiger partial charge on any atom is -0.480 e. The average Bonchev–Trinajstić information content (AvgIpc) is 3.30. The van der Waals surface area contributed by atoms with E-state index in [4.69, 9.17) is 23.2 Å². The zero-order valence-corrected chi connectivity index (χ0v) is 23.2. The van der Waals surface area contributed by atoms with Gasteiger partial charge in [-0.15, -0.1) is 10.2 Å². The Labute approximate surface area is 235 Å². The fourth-order valence-electron chi connectivity index (χ4n) is 4.09. The summed E-state index contributed by atoms with van der Waals surface area (Å²) in [6.45, 7) is 1.89. The molecule has 0 bridgehead atoms. The van der Waals surface area contributed by atoms with Gasteiger partial charge in [-0.25, -0.2) is 8.42 Å². The normalized spacial score (nSPS) is 15.4. The molecule has 206 valence electrons. The quantitative estimate of drug-likeness (QED) is 0.286. The highest BCUT2D eigenvalue weighted by molar-refractivity contribution is 7.93. The number of carbonyl (C=O) groups excluding carboxylic acids is 1. The van der Waals surface area contributed by atoms with Crippen LogP contribution in [-0.2, 0) is 19.6 Å². The van der Waals surface area contributed by atoms with Crippen molar-refractivity contribution < 1.29 is 23.1 Å². The monoisotopic (exact) mass is 592 g/mol. The van der Waals surface area contributed by atoms with E-state index in [1.165, 1.54) is 19.1 Å². The predicted octanol–water partition coefficient (Wildman–Crippen LogP) is 3.60. The first-order valence-corrected chi connectivity index (χ1v) is 14.2. The SMILES string of the molecule is CC(=O)NCCCNc1ccc(-n2ccc3cc(N(CC(=O)O)S(=O)(=O)C4C=C(Cl)C=C(Cl)C4)ccc32)nn1. The Morgan fingerprint density at radius 2 is 1.95 bits per heavy atom. The number of rotatable bonds is 11. The molecule has 0 saturated carbocycles. The highest BCUT2D eigenvalue weighted by Gasteiger charge is 2.34. The number of nitrogens with zero attached hydrogens (tertiary/aromatic N) is 4. The standard InChI is InChI=1S/C25H26Cl2N6O5S/c1-16(34)28-8-2-9-29-23-5-6-24(31-30-23)32-10-7-17-11-20(3-4-22(17)32)33(15-25(35)36)39(37,38)21-13-18(26)12-19(27)14-21/h3-7,10-13,21H,2,8-9,14-15H2,1H3,(H,28,34)(H,29,30)(H,35,36). The minimum absolute atomic E-state index is 0.00628. The van der Waals surface area contributed by atoms with Crippen LogP contribution < -0.4 is 14.9 Å². The molecular formula is C25H26Cl2N6O5S. The first-order chi connectivity index (χ1) is 18.5. The van der Waals surface area contributed by atoms with E-state index in [0.29, 0.717) is 30.1 Å². The van der Waals surface area contributed by atoms with E-state index in [0.717, 1.165) is 16.2 Å². The lowest BCUT2D eigenvalue weighted by atomic mass is 10.2. The van der Waals surface area contributed by atoms with Crippen LogP contribution in [0.25, 0.3) is 16.7 Å². The molecule has 2 heterocycles. The first kappa shape index (κ1) is 28.4. The van der Waals surface area contributed by atoms with Crippen LogP contribution in [0.15, 0.2) is 64.8 Å². The molecule has 39 heavy (non-hydrogen) atoms. The summed E-state index contributed by atoms with van der Waals surface area (Å²) in [5.41, 5.74) is 0.922. The number of carboxylic acid groups (broad SMARTS) is 1. The van der Waals surface area contributed by atoms with Crippen LogP contribution >= 0.6 is 23.2 Å². The molecule has 11 nitrogen and oxygen atoms in total. The maximum absolute atomic E-state index is 13.5. The Morgan fingerprint density at radius 1 is 1.15 bits per heavy atom. The van der Waals surface area contributed by atoms with Gasteiger partial charge in [0, 0.05) is 48.1 Å². The minimum atomic E-state index is -4.16. The van der Waals surface area contributed by atoms with Crippen LogP contribution in [0.3, 0.4) is 0 Å². The van der Waals surface area contributed by atoms with Crippen molar-refractivity contribution in [1.29, 1.82) is 0 Å². The zero-order valence-electron chi connectivity index (χ0n) is 20.8. The summed E-state index contributed by atoms with van der Waals surface area (Å²) in [5.74, 6) is -0.250. The number of halogens is 2. The summed E-state index contributed by atoms with van der Waals surface area (Å²) >= 11 is 12.1. The first-order valence-electron chi connectivity index (χ1n) is 11.9. The van der Waals surface area contributed by atoms with Gasteiger partial charge in [0.15, 0.2) is 5.82 Å². The van der Waals surface area contributed by atoms with Gasteiger partial charge in [0.2, 0.25) is 15.9 Å². The highest BCUT2D eigenvalue weighted by Crippen LogP contribution is 2.32. The maximum atomic E-state index is 13.5. The van der Waals surface area contributed by atoms with E-state index in [9.17, 15) is 23.1 Å². The Kier molecular flexibility index (Phi) is 8.78. The molecule has 4 rings (SSSR count). The number of carbonyl (C=O) groups is 2. The van der Waals surface area contributed by atoms with Crippen molar-refractivity contribution in [2.24, 2.45) is 0 Å². The van der Waals surface area contributed by atoms with Gasteiger partial charge in [0.05, 0.1) is 11.2 Å². The lowest BCUT2D eigenvalue weighted by Crippen LogP contribution is -2.41. The summed E-state index contributed by atoms with van der Waals surface area (Å²) in [6.07, 6.45) is 5.31. The molecule has 1 amide bonds. The summed E-state index contributed by atoms with van der Waals surface area (Å²) < 4.78 is 29.6. The number of allylic oxidation sites excluding steroid dienone is 3. The van der Waals surface area contributed by atoms with Gasteiger partial charge < -0.3 is 15.7 Å². The number of carboxylic acids is 1. The molecule has 0 fully saturated rings. The molecule has 0 aliphatic heterocycles. The Hall–Kier alpha value is -3.61. The van der Waals surface area contributed by atoms with E-state index in [1.54, 1.807) is 47.2 Å². The summed E-state index contributed by atoms with van der Waals surface area (Å²) in [4.78, 5) is 22.5. The predicted molar refractivity (Wildman–Crippen MR) is 151 cm³/mol. The zero-order chi connectivity index (χ0) is 28.2. The van der Waals surface area contributed by atoms with Gasteiger partial charge >= 0.3 is 5.97 Å². The third kappa shape index (κ3) is 6.88. The molecule has 1 aromatic carbocycles. The van der Waals surface area contributed by atoms with Gasteiger partial charge in [-0.05, 0) is 55.0 Å². The number of hydrogen-bond donors (Lipinski definition) is 3. The van der Waals surface area contributed by atoms with Gasteiger partial charge in [0.1, 0.15) is 17.6 Å². The topological polar surface area (TPSA) is 147 Å². The van der Waals surface area contributed by atoms with Crippen LogP contribution in [0.4, 0.5) is 11.5 Å². The number of fused-ring (bicyclic) bond motifs is 1. The highest BCUT2D eigenvalue weighted by atomic mass is 35.5. The van der Waals surface area contributed by atoms with Crippen molar-refractivity contribution in [3.8, 4) is 5.82 Å². The summed E-state index contributed by atoms with van der Waals surface area (Å²) in [6, 6.07) is 10.2. The van der Waals surface area contributed by atoms with Crippen LogP contribution in [0.2, 0.25) is 0 Å². The number of benzene rings is 1. The molecular weight excluding hydrogens is 567 g/mol. The van der Waals surface area contributed by atoms with Gasteiger partial charge in [-0.2, -0.15) is 0 Å². The lowest BCUT2D eigenvalue weighted by molar-refractivity contribution is -0.135. The molecule has 3 N–H and O–H groups in total. The molecule has 2 aromatic heterocycles. The van der Waals surface area contributed by atoms with Gasteiger partial charge in [0.25, 0.3) is 0 Å².